The van der Waals surface area contributed by atoms with Gasteiger partial charge in [0.2, 0.25) is 0 Å². The summed E-state index contributed by atoms with van der Waals surface area (Å²) in [5.74, 6) is 0.674. The minimum atomic E-state index is -0.668. The van der Waals surface area contributed by atoms with Crippen molar-refractivity contribution >= 4 is 5.91 Å². The minimum Gasteiger partial charge on any atom is -0.483 e. The minimum absolute atomic E-state index is 0.0363. The first-order valence-corrected chi connectivity index (χ1v) is 8.79. The van der Waals surface area contributed by atoms with E-state index in [2.05, 4.69) is 4.90 Å². The Balaban J connectivity index is 2.01. The summed E-state index contributed by atoms with van der Waals surface area (Å²) in [5.41, 5.74) is 0.376. The average Bonchev–Trinajstić information content (AvgIpc) is 2.52. The summed E-state index contributed by atoms with van der Waals surface area (Å²) in [5, 5.41) is 10.8. The van der Waals surface area contributed by atoms with Crippen molar-refractivity contribution in [3.63, 3.8) is 0 Å². The van der Waals surface area contributed by atoms with E-state index < -0.39 is 5.60 Å². The van der Waals surface area contributed by atoms with Gasteiger partial charge in [0.15, 0.2) is 6.61 Å². The van der Waals surface area contributed by atoms with Crippen LogP contribution in [0.2, 0.25) is 0 Å². The van der Waals surface area contributed by atoms with Crippen LogP contribution in [0, 0.1) is 0 Å². The molecule has 1 aliphatic heterocycles. The maximum atomic E-state index is 11.8. The van der Waals surface area contributed by atoms with Crippen LogP contribution in [0.1, 0.15) is 18.4 Å². The number of carbonyl (C=O) groups excluding carboxylic acids is 1. The molecule has 6 nitrogen and oxygen atoms in total. The Hall–Kier alpha value is -1.63. The number of rotatable bonds is 7. The first kappa shape index (κ1) is 19.7. The molecule has 0 saturated carbocycles. The topological polar surface area (TPSA) is 56.2 Å². The lowest BCUT2D eigenvalue weighted by molar-refractivity contribution is -0.130. The monoisotopic (exact) mass is 349 g/mol. The van der Waals surface area contributed by atoms with Crippen molar-refractivity contribution in [2.24, 2.45) is 0 Å². The SMILES string of the molecule is CN(C)C[C@]1(O)CCCN(Cc2ccccc2OCC(=O)N(C)C)C1. The van der Waals surface area contributed by atoms with Gasteiger partial charge in [0, 0.05) is 39.3 Å². The molecule has 1 aromatic rings. The Morgan fingerprint density at radius 2 is 2.00 bits per heavy atom. The highest BCUT2D eigenvalue weighted by Crippen LogP contribution is 2.26. The molecular formula is C19H31N3O3. The highest BCUT2D eigenvalue weighted by atomic mass is 16.5. The number of likely N-dealkylation sites (tertiary alicyclic amines) is 1. The van der Waals surface area contributed by atoms with Crippen molar-refractivity contribution in [1.82, 2.24) is 14.7 Å². The Bertz CT molecular complexity index is 577. The fourth-order valence-electron chi connectivity index (χ4n) is 3.34. The highest BCUT2D eigenvalue weighted by molar-refractivity contribution is 5.77. The summed E-state index contributed by atoms with van der Waals surface area (Å²) in [6.45, 7) is 3.02. The van der Waals surface area contributed by atoms with E-state index in [0.29, 0.717) is 19.6 Å². The molecule has 1 aromatic carbocycles. The zero-order chi connectivity index (χ0) is 18.4. The molecule has 1 aliphatic rings. The molecule has 1 saturated heterocycles. The summed E-state index contributed by atoms with van der Waals surface area (Å²) in [6.07, 6.45) is 1.81. The number of amides is 1. The van der Waals surface area contributed by atoms with Gasteiger partial charge in [0.05, 0.1) is 5.60 Å². The lowest BCUT2D eigenvalue weighted by atomic mass is 9.92. The Morgan fingerprint density at radius 3 is 2.68 bits per heavy atom. The van der Waals surface area contributed by atoms with Crippen LogP contribution < -0.4 is 4.74 Å². The fourth-order valence-corrected chi connectivity index (χ4v) is 3.34. The Morgan fingerprint density at radius 1 is 1.28 bits per heavy atom. The molecule has 1 atom stereocenters. The molecule has 6 heteroatoms. The number of β-amino-alcohol motifs (C(OH)–C–C–N with tert-alkyl or cyclic N) is 1. The molecule has 2 rings (SSSR count). The molecule has 0 aromatic heterocycles. The van der Waals surface area contributed by atoms with Gasteiger partial charge in [0.1, 0.15) is 5.75 Å². The molecule has 1 fully saturated rings. The fraction of sp³-hybridized carbons (Fsp3) is 0.632. The third-order valence-corrected chi connectivity index (χ3v) is 4.46. The van der Waals surface area contributed by atoms with E-state index in [1.165, 1.54) is 4.90 Å². The van der Waals surface area contributed by atoms with Crippen LogP contribution >= 0.6 is 0 Å². The molecule has 0 unspecified atom stereocenters. The van der Waals surface area contributed by atoms with E-state index in [0.717, 1.165) is 30.7 Å². The van der Waals surface area contributed by atoms with E-state index in [1.54, 1.807) is 14.1 Å². The molecule has 0 aliphatic carbocycles. The third-order valence-electron chi connectivity index (χ3n) is 4.46. The smallest absolute Gasteiger partial charge is 0.259 e. The van der Waals surface area contributed by atoms with Crippen LogP contribution in [-0.4, -0.2) is 85.7 Å². The van der Waals surface area contributed by atoms with Gasteiger partial charge in [-0.1, -0.05) is 18.2 Å². The summed E-state index contributed by atoms with van der Waals surface area (Å²) < 4.78 is 5.73. The first-order chi connectivity index (χ1) is 11.8. The summed E-state index contributed by atoms with van der Waals surface area (Å²) in [6, 6.07) is 7.81. The number of nitrogens with zero attached hydrogens (tertiary/aromatic N) is 3. The number of likely N-dealkylation sites (N-methyl/N-ethyl adjacent to an activating group) is 2. The van der Waals surface area contributed by atoms with Crippen LogP contribution in [-0.2, 0) is 11.3 Å². The molecule has 0 radical (unpaired) electrons. The molecule has 1 heterocycles. The van der Waals surface area contributed by atoms with Crippen LogP contribution in [0.3, 0.4) is 0 Å². The number of hydrogen-bond donors (Lipinski definition) is 1. The number of para-hydroxylation sites is 1. The first-order valence-electron chi connectivity index (χ1n) is 8.79. The van der Waals surface area contributed by atoms with Crippen molar-refractivity contribution in [2.75, 3.05) is 54.4 Å². The van der Waals surface area contributed by atoms with Crippen molar-refractivity contribution < 1.29 is 14.6 Å². The van der Waals surface area contributed by atoms with Gasteiger partial charge >= 0.3 is 0 Å². The third kappa shape index (κ3) is 5.99. The Kier molecular flexibility index (Phi) is 6.81. The number of hydrogen-bond acceptors (Lipinski definition) is 5. The van der Waals surface area contributed by atoms with Crippen molar-refractivity contribution in [1.29, 1.82) is 0 Å². The molecule has 1 N–H and O–H groups in total. The molecule has 0 spiro atoms. The normalized spacial score (nSPS) is 21.4. The maximum absolute atomic E-state index is 11.8. The van der Waals surface area contributed by atoms with E-state index >= 15 is 0 Å². The van der Waals surface area contributed by atoms with Crippen LogP contribution in [0.15, 0.2) is 24.3 Å². The standard InChI is InChI=1S/C19H31N3O3/c1-20(2)14-19(24)10-7-11-22(15-19)12-16-8-5-6-9-17(16)25-13-18(23)21(3)4/h5-6,8-9,24H,7,10-15H2,1-4H3/t19-/m1/s1. The average molecular weight is 349 g/mol. The van der Waals surface area contributed by atoms with Gasteiger partial charge in [-0.05, 0) is 39.5 Å². The number of benzene rings is 1. The van der Waals surface area contributed by atoms with Gasteiger partial charge in [-0.3, -0.25) is 9.69 Å². The van der Waals surface area contributed by atoms with Crippen LogP contribution in [0.25, 0.3) is 0 Å². The lowest BCUT2D eigenvalue weighted by Gasteiger charge is -2.40. The van der Waals surface area contributed by atoms with Gasteiger partial charge in [-0.15, -0.1) is 0 Å². The molecule has 0 bridgehead atoms. The van der Waals surface area contributed by atoms with E-state index in [9.17, 15) is 9.90 Å². The largest absolute Gasteiger partial charge is 0.483 e. The second-order valence-corrected chi connectivity index (χ2v) is 7.46. The van der Waals surface area contributed by atoms with Crippen molar-refractivity contribution in [2.45, 2.75) is 25.0 Å². The highest BCUT2D eigenvalue weighted by Gasteiger charge is 2.33. The van der Waals surface area contributed by atoms with E-state index in [1.807, 2.05) is 43.3 Å². The molecule has 1 amide bonds. The quantitative estimate of drug-likeness (QED) is 0.797. The van der Waals surface area contributed by atoms with Gasteiger partial charge < -0.3 is 19.6 Å². The second-order valence-electron chi connectivity index (χ2n) is 7.46. The maximum Gasteiger partial charge on any atom is 0.259 e. The number of aliphatic hydroxyl groups is 1. The zero-order valence-corrected chi connectivity index (χ0v) is 15.9. The predicted octanol–water partition coefficient (Wildman–Crippen LogP) is 1.04. The summed E-state index contributed by atoms with van der Waals surface area (Å²) in [7, 11) is 7.41. The van der Waals surface area contributed by atoms with E-state index in [4.69, 9.17) is 4.74 Å². The molecule has 140 valence electrons. The molecular weight excluding hydrogens is 318 g/mol. The lowest BCUT2D eigenvalue weighted by Crippen LogP contribution is -2.52. The zero-order valence-electron chi connectivity index (χ0n) is 15.9. The predicted molar refractivity (Wildman–Crippen MR) is 98.6 cm³/mol. The summed E-state index contributed by atoms with van der Waals surface area (Å²) >= 11 is 0. The van der Waals surface area contributed by atoms with Crippen LogP contribution in [0.4, 0.5) is 0 Å². The second kappa shape index (κ2) is 8.65. The van der Waals surface area contributed by atoms with Crippen molar-refractivity contribution in [3.05, 3.63) is 29.8 Å². The van der Waals surface area contributed by atoms with Gasteiger partial charge in [0.25, 0.3) is 5.91 Å². The van der Waals surface area contributed by atoms with Crippen LogP contribution in [0.5, 0.6) is 5.75 Å². The number of carbonyl (C=O) groups is 1. The molecule has 25 heavy (non-hydrogen) atoms. The number of ether oxygens (including phenoxy) is 1. The number of piperidine rings is 1. The van der Waals surface area contributed by atoms with Gasteiger partial charge in [-0.25, -0.2) is 0 Å². The Labute approximate surface area is 151 Å². The van der Waals surface area contributed by atoms with Gasteiger partial charge in [-0.2, -0.15) is 0 Å². The van der Waals surface area contributed by atoms with E-state index in [-0.39, 0.29) is 12.5 Å². The summed E-state index contributed by atoms with van der Waals surface area (Å²) in [4.78, 5) is 17.6. The van der Waals surface area contributed by atoms with Crippen molar-refractivity contribution in [3.8, 4) is 5.75 Å².